The summed E-state index contributed by atoms with van der Waals surface area (Å²) in [6, 6.07) is 8.39. The van der Waals surface area contributed by atoms with Gasteiger partial charge in [0.1, 0.15) is 0 Å². The summed E-state index contributed by atoms with van der Waals surface area (Å²) in [5, 5.41) is 9.27. The molecule has 1 aromatic heterocycles. The fourth-order valence-electron chi connectivity index (χ4n) is 2.18. The van der Waals surface area contributed by atoms with Crippen LogP contribution in [0.5, 0.6) is 0 Å². The lowest BCUT2D eigenvalue weighted by molar-refractivity contribution is -0.118. The van der Waals surface area contributed by atoms with Gasteiger partial charge in [0.2, 0.25) is 5.91 Å². The predicted molar refractivity (Wildman–Crippen MR) is 97.9 cm³/mol. The van der Waals surface area contributed by atoms with Gasteiger partial charge >= 0.3 is 0 Å². The maximum absolute atomic E-state index is 10.9. The largest absolute Gasteiger partial charge is 0.361 e. The van der Waals surface area contributed by atoms with Crippen molar-refractivity contribution in [2.45, 2.75) is 33.6 Å². The van der Waals surface area contributed by atoms with Crippen molar-refractivity contribution in [3.63, 3.8) is 0 Å². The van der Waals surface area contributed by atoms with Crippen LogP contribution in [0.2, 0.25) is 0 Å². The second kappa shape index (κ2) is 8.67. The van der Waals surface area contributed by atoms with Crippen LogP contribution in [0.3, 0.4) is 0 Å². The zero-order chi connectivity index (χ0) is 16.7. The number of carbonyl (C=O) groups excluding carboxylic acids is 1. The Morgan fingerprint density at radius 3 is 2.61 bits per heavy atom. The van der Waals surface area contributed by atoms with Gasteiger partial charge in [0.05, 0.1) is 5.69 Å². The standard InChI is InChI=1S/C18H25N3OS/c1-13(2)8-10-20-18-21-17(12-23-18)16-6-4-15(5-7-16)9-11-19-14(3)22/h4-7,12-13H,8-11H2,1-3H3,(H,19,22)(H,20,21). The highest BCUT2D eigenvalue weighted by atomic mass is 32.1. The Kier molecular flexibility index (Phi) is 6.59. The van der Waals surface area contributed by atoms with Crippen molar-refractivity contribution in [1.82, 2.24) is 10.3 Å². The maximum Gasteiger partial charge on any atom is 0.216 e. The molecule has 0 aliphatic carbocycles. The number of carbonyl (C=O) groups is 1. The average Bonchev–Trinajstić information content (AvgIpc) is 2.96. The molecule has 0 aliphatic heterocycles. The molecule has 0 atom stereocenters. The summed E-state index contributed by atoms with van der Waals surface area (Å²) in [7, 11) is 0. The van der Waals surface area contributed by atoms with Crippen molar-refractivity contribution >= 4 is 22.4 Å². The fraction of sp³-hybridized carbons (Fsp3) is 0.444. The van der Waals surface area contributed by atoms with E-state index >= 15 is 0 Å². The number of thiazole rings is 1. The minimum atomic E-state index is 0.0154. The Morgan fingerprint density at radius 1 is 1.22 bits per heavy atom. The number of benzene rings is 1. The molecule has 1 aromatic carbocycles. The molecule has 0 saturated heterocycles. The van der Waals surface area contributed by atoms with Crippen molar-refractivity contribution in [2.75, 3.05) is 18.4 Å². The smallest absolute Gasteiger partial charge is 0.216 e. The second-order valence-corrected chi connectivity index (χ2v) is 6.94. The van der Waals surface area contributed by atoms with E-state index in [1.807, 2.05) is 0 Å². The topological polar surface area (TPSA) is 54.0 Å². The molecule has 1 amide bonds. The predicted octanol–water partition coefficient (Wildman–Crippen LogP) is 3.95. The number of hydrogen-bond acceptors (Lipinski definition) is 4. The lowest BCUT2D eigenvalue weighted by Crippen LogP contribution is -2.22. The van der Waals surface area contributed by atoms with Gasteiger partial charge in [0.15, 0.2) is 5.13 Å². The van der Waals surface area contributed by atoms with E-state index in [2.05, 4.69) is 59.1 Å². The number of nitrogens with one attached hydrogen (secondary N) is 2. The highest BCUT2D eigenvalue weighted by Crippen LogP contribution is 2.25. The lowest BCUT2D eigenvalue weighted by Gasteiger charge is -2.05. The molecule has 23 heavy (non-hydrogen) atoms. The Balaban J connectivity index is 1.89. The second-order valence-electron chi connectivity index (χ2n) is 6.08. The lowest BCUT2D eigenvalue weighted by atomic mass is 10.1. The first-order valence-electron chi connectivity index (χ1n) is 8.07. The first kappa shape index (κ1) is 17.5. The summed E-state index contributed by atoms with van der Waals surface area (Å²) in [5.41, 5.74) is 3.35. The molecule has 0 bridgehead atoms. The first-order chi connectivity index (χ1) is 11.0. The monoisotopic (exact) mass is 331 g/mol. The molecular weight excluding hydrogens is 306 g/mol. The van der Waals surface area contributed by atoms with Gasteiger partial charge in [-0.3, -0.25) is 4.79 Å². The van der Waals surface area contributed by atoms with Crippen LogP contribution in [0.15, 0.2) is 29.6 Å². The number of nitrogens with zero attached hydrogens (tertiary/aromatic N) is 1. The van der Waals surface area contributed by atoms with Crippen molar-refractivity contribution in [2.24, 2.45) is 5.92 Å². The zero-order valence-corrected chi connectivity index (χ0v) is 14.9. The average molecular weight is 331 g/mol. The Hall–Kier alpha value is -1.88. The molecule has 2 rings (SSSR count). The van der Waals surface area contributed by atoms with E-state index in [0.29, 0.717) is 12.5 Å². The minimum Gasteiger partial charge on any atom is -0.361 e. The number of anilines is 1. The molecule has 0 spiro atoms. The van der Waals surface area contributed by atoms with E-state index in [-0.39, 0.29) is 5.91 Å². The van der Waals surface area contributed by atoms with Crippen LogP contribution >= 0.6 is 11.3 Å². The molecule has 4 nitrogen and oxygen atoms in total. The summed E-state index contributed by atoms with van der Waals surface area (Å²) >= 11 is 1.65. The number of rotatable bonds is 8. The van der Waals surface area contributed by atoms with Gasteiger partial charge in [-0.2, -0.15) is 0 Å². The summed E-state index contributed by atoms with van der Waals surface area (Å²) < 4.78 is 0. The number of amides is 1. The fourth-order valence-corrected chi connectivity index (χ4v) is 2.93. The highest BCUT2D eigenvalue weighted by Gasteiger charge is 2.05. The summed E-state index contributed by atoms with van der Waals surface area (Å²) in [4.78, 5) is 15.5. The maximum atomic E-state index is 10.9. The van der Waals surface area contributed by atoms with E-state index in [1.54, 1.807) is 11.3 Å². The van der Waals surface area contributed by atoms with Crippen LogP contribution in [0, 0.1) is 5.92 Å². The summed E-state index contributed by atoms with van der Waals surface area (Å²) in [5.74, 6) is 0.716. The van der Waals surface area contributed by atoms with Gasteiger partial charge in [-0.15, -0.1) is 11.3 Å². The third-order valence-electron chi connectivity index (χ3n) is 3.54. The van der Waals surface area contributed by atoms with E-state index in [0.717, 1.165) is 35.8 Å². The molecule has 124 valence electrons. The third kappa shape index (κ3) is 6.02. The summed E-state index contributed by atoms with van der Waals surface area (Å²) in [6.45, 7) is 7.63. The molecule has 0 unspecified atom stereocenters. The van der Waals surface area contributed by atoms with E-state index in [1.165, 1.54) is 12.5 Å². The van der Waals surface area contributed by atoms with Crippen molar-refractivity contribution in [1.29, 1.82) is 0 Å². The Labute approximate surface area is 142 Å². The summed E-state index contributed by atoms with van der Waals surface area (Å²) in [6.07, 6.45) is 2.00. The molecule has 5 heteroatoms. The van der Waals surface area contributed by atoms with Crippen LogP contribution in [-0.2, 0) is 11.2 Å². The molecule has 2 N–H and O–H groups in total. The molecular formula is C18H25N3OS. The van der Waals surface area contributed by atoms with Gasteiger partial charge < -0.3 is 10.6 Å². The first-order valence-corrected chi connectivity index (χ1v) is 8.95. The Morgan fingerprint density at radius 2 is 1.96 bits per heavy atom. The van der Waals surface area contributed by atoms with Crippen molar-refractivity contribution in [3.8, 4) is 11.3 Å². The van der Waals surface area contributed by atoms with Gasteiger partial charge in [0.25, 0.3) is 0 Å². The van der Waals surface area contributed by atoms with Crippen LogP contribution in [0.25, 0.3) is 11.3 Å². The normalized spacial score (nSPS) is 10.8. The van der Waals surface area contributed by atoms with Crippen LogP contribution in [0.4, 0.5) is 5.13 Å². The molecule has 2 aromatic rings. The molecule has 0 fully saturated rings. The minimum absolute atomic E-state index is 0.0154. The van der Waals surface area contributed by atoms with Crippen molar-refractivity contribution in [3.05, 3.63) is 35.2 Å². The Bertz CT molecular complexity index is 619. The van der Waals surface area contributed by atoms with Crippen LogP contribution in [-0.4, -0.2) is 24.0 Å². The molecule has 0 saturated carbocycles. The quantitative estimate of drug-likeness (QED) is 0.770. The number of aromatic nitrogens is 1. The molecule has 0 aliphatic rings. The third-order valence-corrected chi connectivity index (χ3v) is 4.34. The molecule has 0 radical (unpaired) electrons. The van der Waals surface area contributed by atoms with E-state index < -0.39 is 0 Å². The van der Waals surface area contributed by atoms with E-state index in [4.69, 9.17) is 0 Å². The number of hydrogen-bond donors (Lipinski definition) is 2. The van der Waals surface area contributed by atoms with Crippen LogP contribution in [0.1, 0.15) is 32.8 Å². The van der Waals surface area contributed by atoms with E-state index in [9.17, 15) is 4.79 Å². The van der Waals surface area contributed by atoms with Gasteiger partial charge in [-0.05, 0) is 24.3 Å². The van der Waals surface area contributed by atoms with Gasteiger partial charge in [-0.1, -0.05) is 38.1 Å². The van der Waals surface area contributed by atoms with Crippen LogP contribution < -0.4 is 10.6 Å². The van der Waals surface area contributed by atoms with Gasteiger partial charge in [0, 0.05) is 31.0 Å². The zero-order valence-electron chi connectivity index (χ0n) is 14.1. The van der Waals surface area contributed by atoms with Gasteiger partial charge in [-0.25, -0.2) is 4.98 Å². The highest BCUT2D eigenvalue weighted by molar-refractivity contribution is 7.14. The van der Waals surface area contributed by atoms with Crippen molar-refractivity contribution < 1.29 is 4.79 Å². The SMILES string of the molecule is CC(=O)NCCc1ccc(-c2csc(NCCC(C)C)n2)cc1. The molecule has 1 heterocycles.